The molecule has 2 amide bonds. The molecule has 5 atom stereocenters. The summed E-state index contributed by atoms with van der Waals surface area (Å²) in [5.74, 6) is 1.53. The fraction of sp³-hybridized carbons (Fsp3) is 0.727. The van der Waals surface area contributed by atoms with Gasteiger partial charge in [-0.05, 0) is 64.8 Å². The Morgan fingerprint density at radius 1 is 1.34 bits per heavy atom. The number of aromatic nitrogens is 2. The van der Waals surface area contributed by atoms with E-state index in [4.69, 9.17) is 0 Å². The summed E-state index contributed by atoms with van der Waals surface area (Å²) in [6.07, 6.45) is 4.49. The van der Waals surface area contributed by atoms with Crippen LogP contribution in [0.2, 0.25) is 0 Å². The van der Waals surface area contributed by atoms with Gasteiger partial charge in [0.05, 0.1) is 17.9 Å². The van der Waals surface area contributed by atoms with Crippen LogP contribution in [0.3, 0.4) is 0 Å². The number of halogens is 1. The van der Waals surface area contributed by atoms with Crippen molar-refractivity contribution in [3.8, 4) is 0 Å². The molecule has 1 aromatic rings. The van der Waals surface area contributed by atoms with Gasteiger partial charge >= 0.3 is 6.09 Å². The minimum atomic E-state index is -0.972. The zero-order valence-corrected chi connectivity index (χ0v) is 20.4. The zero-order chi connectivity index (χ0) is 23.2. The second-order valence-corrected chi connectivity index (χ2v) is 10.9. The quantitative estimate of drug-likeness (QED) is 0.542. The van der Waals surface area contributed by atoms with E-state index in [1.54, 1.807) is 6.20 Å². The molecule has 4 fully saturated rings. The third-order valence-corrected chi connectivity index (χ3v) is 8.90. The molecule has 0 unspecified atom stereocenters. The van der Waals surface area contributed by atoms with E-state index in [0.717, 1.165) is 23.9 Å². The van der Waals surface area contributed by atoms with Crippen LogP contribution >= 0.6 is 15.9 Å². The molecule has 0 radical (unpaired) electrons. The van der Waals surface area contributed by atoms with E-state index >= 15 is 0 Å². The molecule has 3 saturated carbocycles. The van der Waals surface area contributed by atoms with Crippen molar-refractivity contribution in [2.24, 2.45) is 23.2 Å². The van der Waals surface area contributed by atoms with Crippen molar-refractivity contribution in [3.63, 3.8) is 0 Å². The van der Waals surface area contributed by atoms with Crippen molar-refractivity contribution in [1.29, 1.82) is 0 Å². The number of nitrogens with one attached hydrogen (secondary N) is 2. The average molecular weight is 510 g/mol. The molecule has 10 heteroatoms. The molecule has 32 heavy (non-hydrogen) atoms. The summed E-state index contributed by atoms with van der Waals surface area (Å²) >= 11 is 3.39. The van der Waals surface area contributed by atoms with Crippen molar-refractivity contribution in [2.45, 2.75) is 65.1 Å². The van der Waals surface area contributed by atoms with Crippen LogP contribution in [0.25, 0.3) is 0 Å². The highest BCUT2D eigenvalue weighted by Gasteiger charge is 2.56. The number of amides is 2. The zero-order valence-electron chi connectivity index (χ0n) is 18.8. The van der Waals surface area contributed by atoms with E-state index in [-0.39, 0.29) is 30.6 Å². The van der Waals surface area contributed by atoms with Crippen LogP contribution in [0.1, 0.15) is 46.5 Å². The Morgan fingerprint density at radius 2 is 2.09 bits per heavy atom. The van der Waals surface area contributed by atoms with Crippen LogP contribution < -0.4 is 16.2 Å². The van der Waals surface area contributed by atoms with Gasteiger partial charge < -0.3 is 20.6 Å². The smallest absolute Gasteiger partial charge is 0.407 e. The van der Waals surface area contributed by atoms with Crippen molar-refractivity contribution in [1.82, 2.24) is 20.0 Å². The summed E-state index contributed by atoms with van der Waals surface area (Å²) in [6.45, 7) is 7.50. The van der Waals surface area contributed by atoms with E-state index in [0.29, 0.717) is 45.9 Å². The van der Waals surface area contributed by atoms with E-state index in [2.05, 4.69) is 52.4 Å². The predicted molar refractivity (Wildman–Crippen MR) is 124 cm³/mol. The Bertz CT molecular complexity index is 964. The number of carbonyl (C=O) groups excluding carboxylic acids is 1. The molecule has 1 aliphatic heterocycles. The van der Waals surface area contributed by atoms with Crippen LogP contribution in [-0.2, 0) is 11.3 Å². The van der Waals surface area contributed by atoms with Gasteiger partial charge in [0.2, 0.25) is 5.91 Å². The molecule has 0 aromatic carbocycles. The Labute approximate surface area is 196 Å². The lowest BCUT2D eigenvalue weighted by Crippen LogP contribution is -2.58. The van der Waals surface area contributed by atoms with Crippen LogP contribution in [-0.4, -0.2) is 57.0 Å². The number of hydrogen-bond acceptors (Lipinski definition) is 5. The van der Waals surface area contributed by atoms with Gasteiger partial charge in [-0.25, -0.2) is 9.48 Å². The molecule has 4 aliphatic rings. The van der Waals surface area contributed by atoms with Crippen LogP contribution in [0, 0.1) is 23.2 Å². The highest BCUT2D eigenvalue weighted by Crippen LogP contribution is 2.61. The lowest BCUT2D eigenvalue weighted by Gasteiger charge is -2.62. The summed E-state index contributed by atoms with van der Waals surface area (Å²) in [7, 11) is 0. The van der Waals surface area contributed by atoms with Crippen LogP contribution in [0.4, 0.5) is 10.5 Å². The van der Waals surface area contributed by atoms with E-state index < -0.39 is 6.09 Å². The summed E-state index contributed by atoms with van der Waals surface area (Å²) < 4.78 is 1.50. The van der Waals surface area contributed by atoms with Gasteiger partial charge in [-0.15, -0.1) is 0 Å². The third-order valence-electron chi connectivity index (χ3n) is 8.13. The average Bonchev–Trinajstić information content (AvgIpc) is 3.22. The van der Waals surface area contributed by atoms with Gasteiger partial charge in [0.25, 0.3) is 5.56 Å². The monoisotopic (exact) mass is 509 g/mol. The predicted octanol–water partition coefficient (Wildman–Crippen LogP) is 2.75. The van der Waals surface area contributed by atoms with Crippen molar-refractivity contribution < 1.29 is 14.7 Å². The van der Waals surface area contributed by atoms with Gasteiger partial charge in [-0.1, -0.05) is 20.8 Å². The molecular formula is C22H32BrN5O4. The van der Waals surface area contributed by atoms with Gasteiger partial charge in [0.15, 0.2) is 0 Å². The number of nitrogens with zero attached hydrogens (tertiary/aromatic N) is 3. The summed E-state index contributed by atoms with van der Waals surface area (Å²) in [5, 5.41) is 19.6. The van der Waals surface area contributed by atoms with Gasteiger partial charge in [-0.2, -0.15) is 5.10 Å². The molecule has 1 saturated heterocycles. The molecule has 176 valence electrons. The summed E-state index contributed by atoms with van der Waals surface area (Å²) in [5.41, 5.74) is 0.682. The molecule has 9 nitrogen and oxygen atoms in total. The van der Waals surface area contributed by atoms with Gasteiger partial charge in [-0.3, -0.25) is 9.59 Å². The first kappa shape index (κ1) is 23.1. The van der Waals surface area contributed by atoms with E-state index in [9.17, 15) is 19.5 Å². The Hall–Kier alpha value is -2.10. The molecule has 2 heterocycles. The van der Waals surface area contributed by atoms with Crippen molar-refractivity contribution in [2.75, 3.05) is 18.4 Å². The van der Waals surface area contributed by atoms with Crippen LogP contribution in [0.15, 0.2) is 15.5 Å². The minimum Gasteiger partial charge on any atom is -0.465 e. The topological polar surface area (TPSA) is 117 Å². The number of fused-ring (bicyclic) bond motifs is 2. The second kappa shape index (κ2) is 8.68. The van der Waals surface area contributed by atoms with Crippen LogP contribution in [0.5, 0.6) is 0 Å². The lowest BCUT2D eigenvalue weighted by molar-refractivity contribution is -0.122. The first-order valence-corrected chi connectivity index (χ1v) is 12.2. The van der Waals surface area contributed by atoms with Gasteiger partial charge in [0, 0.05) is 19.1 Å². The maximum Gasteiger partial charge on any atom is 0.407 e. The molecule has 3 aliphatic carbocycles. The molecule has 3 N–H and O–H groups in total. The maximum absolute atomic E-state index is 12.8. The fourth-order valence-corrected chi connectivity index (χ4v) is 6.36. The molecule has 2 bridgehead atoms. The number of carbonyl (C=O) groups is 2. The number of hydrogen-bond donors (Lipinski definition) is 3. The Balaban J connectivity index is 1.35. The highest BCUT2D eigenvalue weighted by molar-refractivity contribution is 9.10. The number of carboxylic acid groups (broad SMARTS) is 1. The molecule has 1 aromatic heterocycles. The van der Waals surface area contributed by atoms with Gasteiger partial charge in [0.1, 0.15) is 11.0 Å². The minimum absolute atomic E-state index is 0.213. The SMILES string of the molecule is C[C@@H]1[C@H]2C[C@@H](C[C@H]1Nc1cnn(CC(=O)NC[C@H]3CCCN3C(=O)O)c(=O)c1Br)C2(C)C. The van der Waals surface area contributed by atoms with E-state index in [1.807, 2.05) is 0 Å². The standard InChI is InChI=1S/C22H32BrN5O4/c1-12-15-7-13(22(15,2)3)8-16(12)26-17-10-25-28(20(30)19(17)23)11-18(29)24-9-14-5-4-6-27(14)21(31)32/h10,12-16,26H,4-9,11H2,1-3H3,(H,24,29)(H,31,32)/t12-,13+,14-,15-,16-/m1/s1. The molecule has 5 rings (SSSR count). The fourth-order valence-electron chi connectivity index (χ4n) is 5.94. The number of rotatable bonds is 6. The summed E-state index contributed by atoms with van der Waals surface area (Å²) in [4.78, 5) is 37.7. The first-order valence-electron chi connectivity index (χ1n) is 11.4. The third kappa shape index (κ3) is 4.13. The first-order chi connectivity index (χ1) is 15.1. The molecular weight excluding hydrogens is 478 g/mol. The highest BCUT2D eigenvalue weighted by atomic mass is 79.9. The largest absolute Gasteiger partial charge is 0.465 e. The normalized spacial score (nSPS) is 30.5. The van der Waals surface area contributed by atoms with Crippen molar-refractivity contribution in [3.05, 3.63) is 21.0 Å². The maximum atomic E-state index is 12.8. The lowest BCUT2D eigenvalue weighted by atomic mass is 9.45. The number of likely N-dealkylation sites (tertiary alicyclic amines) is 1. The molecule has 0 spiro atoms. The van der Waals surface area contributed by atoms with Crippen molar-refractivity contribution >= 4 is 33.6 Å². The van der Waals surface area contributed by atoms with E-state index in [1.165, 1.54) is 11.3 Å². The second-order valence-electron chi connectivity index (χ2n) is 10.1. The number of anilines is 1. The Morgan fingerprint density at radius 3 is 2.75 bits per heavy atom. The summed E-state index contributed by atoms with van der Waals surface area (Å²) in [6, 6.07) is 0.0696. The Kier molecular flexibility index (Phi) is 6.26.